The fourth-order valence-corrected chi connectivity index (χ4v) is 6.30. The number of amides is 1. The second-order valence-corrected chi connectivity index (χ2v) is 10.4. The third kappa shape index (κ3) is 3.51. The zero-order valence-electron chi connectivity index (χ0n) is 17.0. The number of nitrogens with zero attached hydrogens (tertiary/aromatic N) is 4. The van der Waals surface area contributed by atoms with Crippen molar-refractivity contribution in [2.24, 2.45) is 0 Å². The predicted octanol–water partition coefficient (Wildman–Crippen LogP) is 2.76. The van der Waals surface area contributed by atoms with Crippen LogP contribution < -0.4 is 15.1 Å². The molecule has 1 saturated carbocycles. The summed E-state index contributed by atoms with van der Waals surface area (Å²) in [5.41, 5.74) is 3.18. The summed E-state index contributed by atoms with van der Waals surface area (Å²) in [7, 11) is -1.27. The van der Waals surface area contributed by atoms with E-state index in [9.17, 15) is 13.2 Å². The number of carbonyl (C=O) groups excluding carboxylic acids is 1. The zero-order valence-corrected chi connectivity index (χ0v) is 17.8. The van der Waals surface area contributed by atoms with Crippen molar-refractivity contribution in [1.29, 1.82) is 0 Å². The zero-order chi connectivity index (χ0) is 20.9. The highest BCUT2D eigenvalue weighted by Gasteiger charge is 2.32. The van der Waals surface area contributed by atoms with E-state index >= 15 is 0 Å². The van der Waals surface area contributed by atoms with Crippen LogP contribution in [0.1, 0.15) is 43.2 Å². The first kappa shape index (κ1) is 19.3. The number of benzene rings is 1. The van der Waals surface area contributed by atoms with Gasteiger partial charge in [0.05, 0.1) is 17.7 Å². The van der Waals surface area contributed by atoms with Gasteiger partial charge in [-0.3, -0.25) is 4.79 Å². The Balaban J connectivity index is 1.47. The number of carbonyl (C=O) groups is 1. The van der Waals surface area contributed by atoms with Gasteiger partial charge in [0.25, 0.3) is 0 Å². The Morgan fingerprint density at radius 1 is 1.13 bits per heavy atom. The molecule has 8 nitrogen and oxygen atoms in total. The van der Waals surface area contributed by atoms with E-state index in [-0.39, 0.29) is 17.4 Å². The summed E-state index contributed by atoms with van der Waals surface area (Å²) in [6.07, 6.45) is 6.80. The van der Waals surface area contributed by atoms with Crippen molar-refractivity contribution in [1.82, 2.24) is 9.97 Å². The number of aromatic nitrogens is 2. The Bertz CT molecular complexity index is 1110. The van der Waals surface area contributed by atoms with Gasteiger partial charge in [0, 0.05) is 31.7 Å². The second-order valence-electron chi connectivity index (χ2n) is 8.38. The quantitative estimate of drug-likeness (QED) is 0.805. The summed E-state index contributed by atoms with van der Waals surface area (Å²) in [5, 5.41) is 3.22. The fourth-order valence-electron chi connectivity index (χ4n) is 4.70. The molecule has 2 aliphatic heterocycles. The van der Waals surface area contributed by atoms with Gasteiger partial charge in [-0.15, -0.1) is 0 Å². The molecule has 30 heavy (non-hydrogen) atoms. The molecule has 0 unspecified atom stereocenters. The van der Waals surface area contributed by atoms with Crippen molar-refractivity contribution in [3.05, 3.63) is 35.5 Å². The van der Waals surface area contributed by atoms with Crippen LogP contribution in [0.3, 0.4) is 0 Å². The lowest BCUT2D eigenvalue weighted by Gasteiger charge is -2.30. The second kappa shape index (κ2) is 7.23. The summed E-state index contributed by atoms with van der Waals surface area (Å²) in [6, 6.07) is 5.97. The molecule has 3 aliphatic rings. The first-order valence-corrected chi connectivity index (χ1v) is 12.2. The number of anilines is 4. The van der Waals surface area contributed by atoms with E-state index in [1.54, 1.807) is 18.1 Å². The molecule has 3 heterocycles. The van der Waals surface area contributed by atoms with Gasteiger partial charge in [-0.05, 0) is 36.1 Å². The molecule has 158 valence electrons. The first-order valence-electron chi connectivity index (χ1n) is 10.4. The summed E-state index contributed by atoms with van der Waals surface area (Å²) >= 11 is 0. The lowest BCUT2D eigenvalue weighted by atomic mass is 10.1. The molecule has 2 aromatic rings. The number of hydrogen-bond acceptors (Lipinski definition) is 7. The minimum absolute atomic E-state index is 0.0703. The van der Waals surface area contributed by atoms with Crippen molar-refractivity contribution >= 4 is 38.9 Å². The normalized spacial score (nSPS) is 20.8. The van der Waals surface area contributed by atoms with Crippen molar-refractivity contribution in [2.45, 2.75) is 49.7 Å². The molecule has 0 radical (unpaired) electrons. The molecular weight excluding hydrogens is 402 g/mol. The average Bonchev–Trinajstić information content (AvgIpc) is 3.31. The maximum Gasteiger partial charge on any atom is 0.229 e. The standard InChI is InChI=1S/C21H25N5O3S/c1-25-18-11-22-21(23-16-7-6-14-12-30(28,29)13-15(14)10-16)24-20(18)26(9-8-19(25)27)17-4-2-3-5-17/h6-7,10-11,17H,2-5,8-9,12-13H2,1H3,(H,22,23,24). The number of nitrogens with one attached hydrogen (secondary N) is 1. The topological polar surface area (TPSA) is 95.5 Å². The summed E-state index contributed by atoms with van der Waals surface area (Å²) in [6.45, 7) is 0.661. The highest BCUT2D eigenvalue weighted by atomic mass is 32.2. The Labute approximate surface area is 176 Å². The van der Waals surface area contributed by atoms with Crippen molar-refractivity contribution in [3.63, 3.8) is 0 Å². The van der Waals surface area contributed by atoms with Crippen molar-refractivity contribution < 1.29 is 13.2 Å². The molecule has 0 bridgehead atoms. The minimum atomic E-state index is -3.04. The van der Waals surface area contributed by atoms with E-state index in [0.29, 0.717) is 25.0 Å². The highest BCUT2D eigenvalue weighted by Crippen LogP contribution is 2.36. The van der Waals surface area contributed by atoms with Gasteiger partial charge in [-0.25, -0.2) is 13.4 Å². The number of rotatable bonds is 3. The first-order chi connectivity index (χ1) is 14.4. The summed E-state index contributed by atoms with van der Waals surface area (Å²) in [5.74, 6) is 1.48. The van der Waals surface area contributed by atoms with Gasteiger partial charge in [-0.1, -0.05) is 18.9 Å². The Kier molecular flexibility index (Phi) is 4.65. The highest BCUT2D eigenvalue weighted by molar-refractivity contribution is 7.90. The molecule has 0 spiro atoms. The van der Waals surface area contributed by atoms with Crippen LogP contribution in [-0.2, 0) is 26.1 Å². The van der Waals surface area contributed by atoms with Crippen molar-refractivity contribution in [2.75, 3.05) is 28.7 Å². The molecule has 9 heteroatoms. The van der Waals surface area contributed by atoms with Crippen LogP contribution in [-0.4, -0.2) is 43.9 Å². The van der Waals surface area contributed by atoms with Crippen LogP contribution in [0.25, 0.3) is 0 Å². The smallest absolute Gasteiger partial charge is 0.229 e. The molecule has 5 rings (SSSR count). The lowest BCUT2D eigenvalue weighted by Crippen LogP contribution is -2.34. The molecule has 1 aromatic heterocycles. The Hall–Kier alpha value is -2.68. The number of fused-ring (bicyclic) bond motifs is 2. The van der Waals surface area contributed by atoms with E-state index < -0.39 is 9.84 Å². The predicted molar refractivity (Wildman–Crippen MR) is 116 cm³/mol. The average molecular weight is 428 g/mol. The van der Waals surface area contributed by atoms with Gasteiger partial charge in [0.2, 0.25) is 11.9 Å². The SMILES string of the molecule is CN1C(=O)CCN(C2CCCC2)c2nc(Nc3ccc4c(c3)CS(=O)(=O)C4)ncc21. The van der Waals surface area contributed by atoms with Crippen LogP contribution in [0.15, 0.2) is 24.4 Å². The molecule has 0 saturated heterocycles. The van der Waals surface area contributed by atoms with Crippen LogP contribution in [0.2, 0.25) is 0 Å². The van der Waals surface area contributed by atoms with Gasteiger partial charge in [0.15, 0.2) is 15.7 Å². The lowest BCUT2D eigenvalue weighted by molar-refractivity contribution is -0.118. The Morgan fingerprint density at radius 2 is 1.90 bits per heavy atom. The fraction of sp³-hybridized carbons (Fsp3) is 0.476. The molecule has 1 fully saturated rings. The molecule has 1 N–H and O–H groups in total. The minimum Gasteiger partial charge on any atom is -0.351 e. The largest absolute Gasteiger partial charge is 0.351 e. The van der Waals surface area contributed by atoms with Gasteiger partial charge in [-0.2, -0.15) is 4.98 Å². The molecule has 0 atom stereocenters. The van der Waals surface area contributed by atoms with E-state index in [4.69, 9.17) is 4.98 Å². The maximum absolute atomic E-state index is 12.5. The van der Waals surface area contributed by atoms with Crippen LogP contribution in [0, 0.1) is 0 Å². The summed E-state index contributed by atoms with van der Waals surface area (Å²) < 4.78 is 23.8. The third-order valence-electron chi connectivity index (χ3n) is 6.30. The Morgan fingerprint density at radius 3 is 2.70 bits per heavy atom. The molecule has 1 amide bonds. The summed E-state index contributed by atoms with van der Waals surface area (Å²) in [4.78, 5) is 25.6. The van der Waals surface area contributed by atoms with E-state index in [0.717, 1.165) is 41.2 Å². The molecule has 1 aromatic carbocycles. The monoisotopic (exact) mass is 427 g/mol. The van der Waals surface area contributed by atoms with Crippen LogP contribution in [0.4, 0.5) is 23.1 Å². The van der Waals surface area contributed by atoms with E-state index in [2.05, 4.69) is 15.2 Å². The number of sulfone groups is 1. The molecular formula is C21H25N5O3S. The molecule has 1 aliphatic carbocycles. The van der Waals surface area contributed by atoms with E-state index in [1.807, 2.05) is 18.2 Å². The third-order valence-corrected chi connectivity index (χ3v) is 7.80. The number of hydrogen-bond donors (Lipinski definition) is 1. The van der Waals surface area contributed by atoms with Crippen LogP contribution in [0.5, 0.6) is 0 Å². The van der Waals surface area contributed by atoms with Gasteiger partial charge < -0.3 is 15.1 Å². The van der Waals surface area contributed by atoms with Gasteiger partial charge >= 0.3 is 0 Å². The van der Waals surface area contributed by atoms with Crippen LogP contribution >= 0.6 is 0 Å². The van der Waals surface area contributed by atoms with E-state index in [1.165, 1.54) is 12.8 Å². The maximum atomic E-state index is 12.5. The van der Waals surface area contributed by atoms with Crippen molar-refractivity contribution in [3.8, 4) is 0 Å². The van der Waals surface area contributed by atoms with Gasteiger partial charge in [0.1, 0.15) is 5.69 Å².